The fourth-order valence-corrected chi connectivity index (χ4v) is 8.19. The van der Waals surface area contributed by atoms with Crippen LogP contribution in [0.15, 0.2) is 54.6 Å². The molecule has 0 aromatic heterocycles. The molecule has 3 aromatic carbocycles. The Morgan fingerprint density at radius 1 is 0.532 bits per heavy atom. The van der Waals surface area contributed by atoms with Crippen molar-refractivity contribution in [1.29, 1.82) is 0 Å². The van der Waals surface area contributed by atoms with E-state index in [-0.39, 0.29) is 11.1 Å². The van der Waals surface area contributed by atoms with Crippen LogP contribution in [0.25, 0.3) is 27.8 Å². The van der Waals surface area contributed by atoms with E-state index in [0.717, 1.165) is 55.9 Å². The Bertz CT molecular complexity index is 1460. The summed E-state index contributed by atoms with van der Waals surface area (Å²) >= 11 is 0. The van der Waals surface area contributed by atoms with Crippen molar-refractivity contribution in [2.75, 3.05) is 0 Å². The zero-order chi connectivity index (χ0) is 33.2. The van der Waals surface area contributed by atoms with Gasteiger partial charge in [-0.1, -0.05) is 139 Å². The van der Waals surface area contributed by atoms with Gasteiger partial charge in [-0.25, -0.2) is 17.6 Å². The van der Waals surface area contributed by atoms with Crippen LogP contribution < -0.4 is 0 Å². The molecule has 0 N–H and O–H groups in total. The third kappa shape index (κ3) is 8.98. The maximum absolute atomic E-state index is 15.5. The highest BCUT2D eigenvalue weighted by molar-refractivity contribution is 5.74. The van der Waals surface area contributed by atoms with E-state index in [1.54, 1.807) is 48.5 Å². The molecule has 0 bridgehead atoms. The van der Waals surface area contributed by atoms with E-state index >= 15 is 13.2 Å². The number of halogens is 4. The van der Waals surface area contributed by atoms with Crippen molar-refractivity contribution >= 4 is 5.57 Å². The minimum Gasteiger partial charge on any atom is -0.203 e. The van der Waals surface area contributed by atoms with Gasteiger partial charge in [0.05, 0.1) is 0 Å². The van der Waals surface area contributed by atoms with Gasteiger partial charge in [-0.05, 0) is 85.0 Å². The highest BCUT2D eigenvalue weighted by atomic mass is 19.2. The van der Waals surface area contributed by atoms with Crippen molar-refractivity contribution in [3.05, 3.63) is 89.0 Å². The lowest BCUT2D eigenvalue weighted by Gasteiger charge is -2.35. The first-order valence-electron chi connectivity index (χ1n) is 18.7. The summed E-state index contributed by atoms with van der Waals surface area (Å²) in [6.45, 7) is 4.48. The smallest absolute Gasteiger partial charge is 0.167 e. The number of aryl methyl sites for hydroxylation is 1. The van der Waals surface area contributed by atoms with Gasteiger partial charge >= 0.3 is 0 Å². The van der Waals surface area contributed by atoms with Crippen molar-refractivity contribution in [2.24, 2.45) is 17.8 Å². The molecule has 0 nitrogen and oxygen atoms in total. The molecule has 1 saturated carbocycles. The Balaban J connectivity index is 1.19. The first kappa shape index (κ1) is 35.4. The van der Waals surface area contributed by atoms with Crippen LogP contribution in [0.2, 0.25) is 0 Å². The molecule has 0 heterocycles. The molecule has 4 heteroatoms. The molecule has 254 valence electrons. The van der Waals surface area contributed by atoms with Crippen LogP contribution in [-0.2, 0) is 6.42 Å². The Kier molecular flexibility index (Phi) is 13.2. The molecule has 0 amide bonds. The summed E-state index contributed by atoms with van der Waals surface area (Å²) in [5, 5.41) is 0. The highest BCUT2D eigenvalue weighted by Crippen LogP contribution is 2.43. The van der Waals surface area contributed by atoms with E-state index in [1.165, 1.54) is 70.6 Å². The quantitative estimate of drug-likeness (QED) is 0.114. The van der Waals surface area contributed by atoms with Gasteiger partial charge in [-0.2, -0.15) is 0 Å². The Labute approximate surface area is 281 Å². The largest absolute Gasteiger partial charge is 0.203 e. The van der Waals surface area contributed by atoms with Crippen LogP contribution in [0.4, 0.5) is 17.6 Å². The maximum Gasteiger partial charge on any atom is 0.167 e. The molecule has 1 fully saturated rings. The first-order chi connectivity index (χ1) is 22.9. The second-order valence-corrected chi connectivity index (χ2v) is 14.3. The van der Waals surface area contributed by atoms with Gasteiger partial charge in [-0.15, -0.1) is 0 Å². The molecule has 2 aliphatic carbocycles. The van der Waals surface area contributed by atoms with E-state index in [4.69, 9.17) is 0 Å². The zero-order valence-electron chi connectivity index (χ0n) is 28.7. The molecule has 3 aromatic rings. The third-order valence-corrected chi connectivity index (χ3v) is 11.1. The Hall–Kier alpha value is -2.88. The fraction of sp³-hybridized carbons (Fsp3) is 0.535. The number of unbranched alkanes of at least 4 members (excludes halogenated alkanes) is 7. The lowest BCUT2D eigenvalue weighted by Crippen LogP contribution is -2.23. The van der Waals surface area contributed by atoms with E-state index in [2.05, 4.69) is 19.9 Å². The molecule has 0 spiro atoms. The van der Waals surface area contributed by atoms with Crippen molar-refractivity contribution in [1.82, 2.24) is 0 Å². The summed E-state index contributed by atoms with van der Waals surface area (Å²) in [6, 6.07) is 13.2. The van der Waals surface area contributed by atoms with Gasteiger partial charge in [0.25, 0.3) is 0 Å². The summed E-state index contributed by atoms with van der Waals surface area (Å²) in [6.07, 6.45) is 22.6. The highest BCUT2D eigenvalue weighted by Gasteiger charge is 2.29. The van der Waals surface area contributed by atoms with E-state index in [0.29, 0.717) is 34.6 Å². The van der Waals surface area contributed by atoms with E-state index in [1.807, 2.05) is 0 Å². The van der Waals surface area contributed by atoms with Gasteiger partial charge in [-0.3, -0.25) is 0 Å². The van der Waals surface area contributed by atoms with E-state index in [9.17, 15) is 4.39 Å². The average Bonchev–Trinajstić information content (AvgIpc) is 3.10. The summed E-state index contributed by atoms with van der Waals surface area (Å²) in [5.41, 5.74) is 3.02. The molecule has 1 atom stereocenters. The predicted molar refractivity (Wildman–Crippen MR) is 189 cm³/mol. The van der Waals surface area contributed by atoms with Gasteiger partial charge in [0, 0.05) is 16.7 Å². The monoisotopic (exact) mass is 646 g/mol. The lowest BCUT2D eigenvalue weighted by atomic mass is 9.70. The Morgan fingerprint density at radius 3 is 1.68 bits per heavy atom. The number of allylic oxidation sites excluding steroid dienone is 2. The molecule has 2 aliphatic rings. The van der Waals surface area contributed by atoms with Crippen molar-refractivity contribution in [2.45, 2.75) is 129 Å². The lowest BCUT2D eigenvalue weighted by molar-refractivity contribution is 0.189. The predicted octanol–water partition coefficient (Wildman–Crippen LogP) is 14.1. The molecule has 0 aliphatic heterocycles. The van der Waals surface area contributed by atoms with Crippen LogP contribution in [0, 0.1) is 41.0 Å². The molecule has 0 radical (unpaired) electrons. The summed E-state index contributed by atoms with van der Waals surface area (Å²) in [5.74, 6) is -1.02. The molecular formula is C43H54F4. The minimum atomic E-state index is -0.866. The minimum absolute atomic E-state index is 0.170. The van der Waals surface area contributed by atoms with Crippen LogP contribution in [0.1, 0.15) is 134 Å². The van der Waals surface area contributed by atoms with Gasteiger partial charge in [0.2, 0.25) is 0 Å². The van der Waals surface area contributed by atoms with Crippen LogP contribution in [-0.4, -0.2) is 0 Å². The number of hydrogen-bond acceptors (Lipinski definition) is 0. The van der Waals surface area contributed by atoms with Crippen molar-refractivity contribution in [3.63, 3.8) is 0 Å². The van der Waals surface area contributed by atoms with Crippen LogP contribution in [0.5, 0.6) is 0 Å². The van der Waals surface area contributed by atoms with Crippen LogP contribution in [0.3, 0.4) is 0 Å². The van der Waals surface area contributed by atoms with Crippen molar-refractivity contribution in [3.8, 4) is 22.3 Å². The number of benzene rings is 3. The molecular weight excluding hydrogens is 592 g/mol. The number of rotatable bonds is 15. The second kappa shape index (κ2) is 17.5. The molecule has 0 saturated heterocycles. The van der Waals surface area contributed by atoms with Crippen molar-refractivity contribution < 1.29 is 17.6 Å². The van der Waals surface area contributed by atoms with Gasteiger partial charge < -0.3 is 0 Å². The maximum atomic E-state index is 15.5. The first-order valence-corrected chi connectivity index (χ1v) is 18.7. The van der Waals surface area contributed by atoms with Gasteiger partial charge in [0.1, 0.15) is 0 Å². The third-order valence-electron chi connectivity index (χ3n) is 11.1. The molecule has 5 rings (SSSR count). The normalized spacial score (nSPS) is 20.0. The average molecular weight is 647 g/mol. The van der Waals surface area contributed by atoms with Gasteiger partial charge in [0.15, 0.2) is 23.3 Å². The number of hydrogen-bond donors (Lipinski definition) is 0. The SMILES string of the molecule is CCCCCCCCCCc1ccc(-c2ccc(-c3ccc(C4=CCC(C5CCC(CCC)CC5)CC4)c(F)c3F)cc2)c(F)c1F. The summed E-state index contributed by atoms with van der Waals surface area (Å²) in [7, 11) is 0. The fourth-order valence-electron chi connectivity index (χ4n) is 8.19. The van der Waals surface area contributed by atoms with E-state index < -0.39 is 23.3 Å². The topological polar surface area (TPSA) is 0 Å². The second-order valence-electron chi connectivity index (χ2n) is 14.3. The summed E-state index contributed by atoms with van der Waals surface area (Å²) < 4.78 is 61.1. The Morgan fingerprint density at radius 2 is 1.09 bits per heavy atom. The zero-order valence-corrected chi connectivity index (χ0v) is 28.7. The molecule has 47 heavy (non-hydrogen) atoms. The standard InChI is InChI=1S/C43H54F4/c1-3-5-6-7-8-9-10-11-13-36-26-27-37(41(45)40(36)44)34-22-24-35(25-23-34)39-29-28-38(42(46)43(39)47)33-20-18-32(19-21-33)31-16-14-30(12-4-2)15-17-31/h20,22-32H,3-19,21H2,1-2H3. The molecule has 1 unspecified atom stereocenters. The van der Waals surface area contributed by atoms with Crippen LogP contribution >= 0.6 is 0 Å². The summed E-state index contributed by atoms with van der Waals surface area (Å²) in [4.78, 5) is 0.